The standard InChI is InChI=1S/C16H13FN2O4S2/c1-9-13(16(20)23-2)7-15(24-9)25(21,22)19-12-6-10-5-11(17)3-4-14(10)18-8-12/h3-8,19H,1-2H3. The van der Waals surface area contributed by atoms with Crippen molar-refractivity contribution in [2.24, 2.45) is 0 Å². The van der Waals surface area contributed by atoms with Crippen LogP contribution < -0.4 is 4.72 Å². The molecule has 0 aliphatic carbocycles. The van der Waals surface area contributed by atoms with Gasteiger partial charge in [0.2, 0.25) is 0 Å². The lowest BCUT2D eigenvalue weighted by atomic mass is 10.2. The Bertz CT molecular complexity index is 1080. The molecule has 0 bridgehead atoms. The Kier molecular flexibility index (Phi) is 4.44. The number of methoxy groups -OCH3 is 1. The number of nitrogens with zero attached hydrogens (tertiary/aromatic N) is 1. The molecule has 1 N–H and O–H groups in total. The van der Waals surface area contributed by atoms with Crippen molar-refractivity contribution in [1.82, 2.24) is 4.98 Å². The maximum Gasteiger partial charge on any atom is 0.339 e. The van der Waals surface area contributed by atoms with Crippen molar-refractivity contribution in [2.75, 3.05) is 11.8 Å². The van der Waals surface area contributed by atoms with Gasteiger partial charge in [0, 0.05) is 10.3 Å². The Morgan fingerprint density at radius 1 is 1.28 bits per heavy atom. The number of sulfonamides is 1. The van der Waals surface area contributed by atoms with Gasteiger partial charge in [-0.1, -0.05) is 0 Å². The van der Waals surface area contributed by atoms with E-state index >= 15 is 0 Å². The number of hydrogen-bond acceptors (Lipinski definition) is 6. The normalized spacial score (nSPS) is 11.5. The molecule has 1 aromatic carbocycles. The molecule has 0 unspecified atom stereocenters. The van der Waals surface area contributed by atoms with E-state index in [1.54, 1.807) is 6.92 Å². The van der Waals surface area contributed by atoms with Crippen LogP contribution in [-0.2, 0) is 14.8 Å². The fourth-order valence-corrected chi connectivity index (χ4v) is 4.73. The minimum Gasteiger partial charge on any atom is -0.465 e. The molecule has 6 nitrogen and oxygen atoms in total. The Morgan fingerprint density at radius 2 is 2.04 bits per heavy atom. The molecular weight excluding hydrogens is 367 g/mol. The predicted molar refractivity (Wildman–Crippen MR) is 92.9 cm³/mol. The predicted octanol–water partition coefficient (Wildman–Crippen LogP) is 3.33. The van der Waals surface area contributed by atoms with Crippen molar-refractivity contribution in [2.45, 2.75) is 11.1 Å². The first-order valence-corrected chi connectivity index (χ1v) is 9.37. The van der Waals surface area contributed by atoms with Gasteiger partial charge in [-0.25, -0.2) is 17.6 Å². The number of aromatic nitrogens is 1. The molecule has 0 fully saturated rings. The second kappa shape index (κ2) is 6.41. The number of fused-ring (bicyclic) bond motifs is 1. The number of benzene rings is 1. The van der Waals surface area contributed by atoms with Crippen molar-refractivity contribution in [3.05, 3.63) is 52.8 Å². The number of esters is 1. The molecule has 9 heteroatoms. The highest BCUT2D eigenvalue weighted by Crippen LogP contribution is 2.28. The Morgan fingerprint density at radius 3 is 2.76 bits per heavy atom. The quantitative estimate of drug-likeness (QED) is 0.702. The summed E-state index contributed by atoms with van der Waals surface area (Å²) >= 11 is 0.959. The number of nitrogens with one attached hydrogen (secondary N) is 1. The van der Waals surface area contributed by atoms with Gasteiger partial charge in [0.1, 0.15) is 10.0 Å². The fourth-order valence-electron chi connectivity index (χ4n) is 2.26. The highest BCUT2D eigenvalue weighted by Gasteiger charge is 2.22. The molecule has 2 aromatic heterocycles. The monoisotopic (exact) mass is 380 g/mol. The third-order valence-corrected chi connectivity index (χ3v) is 6.37. The number of aryl methyl sites for hydroxylation is 1. The Balaban J connectivity index is 1.95. The molecule has 0 amide bonds. The zero-order chi connectivity index (χ0) is 18.2. The maximum atomic E-state index is 13.3. The molecule has 0 spiro atoms. The number of carbonyl (C=O) groups excluding carboxylic acids is 1. The molecule has 0 radical (unpaired) electrons. The fraction of sp³-hybridized carbons (Fsp3) is 0.125. The van der Waals surface area contributed by atoms with E-state index in [1.165, 1.54) is 43.6 Å². The van der Waals surface area contributed by atoms with Crippen LogP contribution in [0.15, 0.2) is 40.7 Å². The van der Waals surface area contributed by atoms with Crippen LogP contribution in [0.1, 0.15) is 15.2 Å². The molecule has 25 heavy (non-hydrogen) atoms. The Hall–Kier alpha value is -2.52. The molecule has 0 aliphatic heterocycles. The van der Waals surface area contributed by atoms with Crippen molar-refractivity contribution in [1.29, 1.82) is 0 Å². The highest BCUT2D eigenvalue weighted by molar-refractivity contribution is 7.94. The maximum absolute atomic E-state index is 13.3. The first-order chi connectivity index (χ1) is 11.8. The summed E-state index contributed by atoms with van der Waals surface area (Å²) in [6.45, 7) is 1.64. The lowest BCUT2D eigenvalue weighted by Gasteiger charge is -2.07. The third kappa shape index (κ3) is 3.47. The summed E-state index contributed by atoms with van der Waals surface area (Å²) in [5, 5.41) is 0.470. The average molecular weight is 380 g/mol. The smallest absolute Gasteiger partial charge is 0.339 e. The lowest BCUT2D eigenvalue weighted by Crippen LogP contribution is -2.12. The first-order valence-electron chi connectivity index (χ1n) is 7.07. The SMILES string of the molecule is COC(=O)c1cc(S(=O)(=O)Nc2cnc3ccc(F)cc3c2)sc1C. The van der Waals surface area contributed by atoms with Gasteiger partial charge < -0.3 is 4.74 Å². The van der Waals surface area contributed by atoms with Gasteiger partial charge in [-0.15, -0.1) is 11.3 Å². The molecule has 0 saturated carbocycles. The summed E-state index contributed by atoms with van der Waals surface area (Å²) < 4.78 is 45.4. The van der Waals surface area contributed by atoms with Gasteiger partial charge in [0.25, 0.3) is 10.0 Å². The largest absolute Gasteiger partial charge is 0.465 e. The topological polar surface area (TPSA) is 85.4 Å². The number of pyridine rings is 1. The van der Waals surface area contributed by atoms with Crippen molar-refractivity contribution in [3.8, 4) is 0 Å². The number of halogens is 1. The van der Waals surface area contributed by atoms with Gasteiger partial charge in [0.05, 0.1) is 30.1 Å². The molecule has 0 aliphatic rings. The molecule has 0 saturated heterocycles. The van der Waals surface area contributed by atoms with Crippen LogP contribution in [0.4, 0.5) is 10.1 Å². The van der Waals surface area contributed by atoms with E-state index in [9.17, 15) is 17.6 Å². The van der Waals surface area contributed by atoms with E-state index in [-0.39, 0.29) is 15.5 Å². The molecule has 3 aromatic rings. The lowest BCUT2D eigenvalue weighted by molar-refractivity contribution is 0.0600. The van der Waals surface area contributed by atoms with Crippen LogP contribution in [0.5, 0.6) is 0 Å². The summed E-state index contributed by atoms with van der Waals surface area (Å²) in [6, 6.07) is 6.81. The van der Waals surface area contributed by atoms with E-state index in [0.717, 1.165) is 11.3 Å². The van der Waals surface area contributed by atoms with E-state index in [0.29, 0.717) is 15.8 Å². The summed E-state index contributed by atoms with van der Waals surface area (Å²) in [6.07, 6.45) is 1.35. The third-order valence-electron chi connectivity index (χ3n) is 3.46. The number of rotatable bonds is 4. The van der Waals surface area contributed by atoms with E-state index in [1.807, 2.05) is 0 Å². The summed E-state index contributed by atoms with van der Waals surface area (Å²) in [5.74, 6) is -1.04. The van der Waals surface area contributed by atoms with Crippen molar-refractivity contribution < 1.29 is 22.3 Å². The van der Waals surface area contributed by atoms with Gasteiger partial charge in [-0.3, -0.25) is 9.71 Å². The molecule has 0 atom stereocenters. The van der Waals surface area contributed by atoms with Crippen molar-refractivity contribution in [3.63, 3.8) is 0 Å². The minimum atomic E-state index is -3.91. The van der Waals surface area contributed by atoms with Gasteiger partial charge in [-0.2, -0.15) is 0 Å². The molecule has 3 rings (SSSR count). The van der Waals surface area contributed by atoms with Crippen LogP contribution >= 0.6 is 11.3 Å². The van der Waals surface area contributed by atoms with Crippen LogP contribution in [0.25, 0.3) is 10.9 Å². The highest BCUT2D eigenvalue weighted by atomic mass is 32.2. The van der Waals surface area contributed by atoms with Gasteiger partial charge in [0.15, 0.2) is 0 Å². The molecule has 2 heterocycles. The number of carbonyl (C=O) groups is 1. The summed E-state index contributed by atoms with van der Waals surface area (Å²) in [4.78, 5) is 16.3. The van der Waals surface area contributed by atoms with E-state index < -0.39 is 21.8 Å². The zero-order valence-corrected chi connectivity index (χ0v) is 14.9. The summed E-state index contributed by atoms with van der Waals surface area (Å²) in [7, 11) is -2.68. The number of hydrogen-bond donors (Lipinski definition) is 1. The second-order valence-electron chi connectivity index (χ2n) is 5.19. The molecule has 130 valence electrons. The average Bonchev–Trinajstić information content (AvgIpc) is 2.96. The van der Waals surface area contributed by atoms with Gasteiger partial charge in [-0.05, 0) is 37.3 Å². The minimum absolute atomic E-state index is 0.0234. The number of anilines is 1. The zero-order valence-electron chi connectivity index (χ0n) is 13.2. The van der Waals surface area contributed by atoms with Gasteiger partial charge >= 0.3 is 5.97 Å². The first kappa shape index (κ1) is 17.3. The number of thiophene rings is 1. The van der Waals surface area contributed by atoms with E-state index in [4.69, 9.17) is 0 Å². The van der Waals surface area contributed by atoms with Crippen molar-refractivity contribution >= 4 is 43.9 Å². The van der Waals surface area contributed by atoms with Crippen LogP contribution in [0.3, 0.4) is 0 Å². The number of ether oxygens (including phenoxy) is 1. The van der Waals surface area contributed by atoms with Crippen LogP contribution in [0, 0.1) is 12.7 Å². The second-order valence-corrected chi connectivity index (χ2v) is 8.36. The summed E-state index contributed by atoms with van der Waals surface area (Å²) in [5.41, 5.74) is 0.944. The van der Waals surface area contributed by atoms with Crippen LogP contribution in [0.2, 0.25) is 0 Å². The molecular formula is C16H13FN2O4S2. The van der Waals surface area contributed by atoms with Crippen LogP contribution in [-0.4, -0.2) is 26.5 Å². The Labute approximate surface area is 147 Å². The van der Waals surface area contributed by atoms with E-state index in [2.05, 4.69) is 14.4 Å².